The van der Waals surface area contributed by atoms with Crippen LogP contribution in [-0.2, 0) is 17.9 Å². The average Bonchev–Trinajstić information content (AvgIpc) is 3.17. The highest BCUT2D eigenvalue weighted by Crippen LogP contribution is 2.31. The lowest BCUT2D eigenvalue weighted by Gasteiger charge is -2.27. The van der Waals surface area contributed by atoms with E-state index < -0.39 is 0 Å². The van der Waals surface area contributed by atoms with Crippen LogP contribution in [-0.4, -0.2) is 47.4 Å². The van der Waals surface area contributed by atoms with Gasteiger partial charge in [0, 0.05) is 37.9 Å². The Labute approximate surface area is 143 Å². The summed E-state index contributed by atoms with van der Waals surface area (Å²) < 4.78 is 0. The van der Waals surface area contributed by atoms with Gasteiger partial charge in [-0.15, -0.1) is 0 Å². The third-order valence-electron chi connectivity index (χ3n) is 5.14. The van der Waals surface area contributed by atoms with Gasteiger partial charge in [-0.1, -0.05) is 26.0 Å². The van der Waals surface area contributed by atoms with Crippen molar-refractivity contribution in [1.29, 1.82) is 0 Å². The minimum atomic E-state index is -0.294. The molecule has 0 saturated carbocycles. The summed E-state index contributed by atoms with van der Waals surface area (Å²) in [6, 6.07) is 6.41. The lowest BCUT2D eigenvalue weighted by Crippen LogP contribution is -2.38. The van der Waals surface area contributed by atoms with Gasteiger partial charge in [0.2, 0.25) is 5.91 Å². The first-order chi connectivity index (χ1) is 11.5. The van der Waals surface area contributed by atoms with E-state index in [1.165, 1.54) is 16.0 Å². The van der Waals surface area contributed by atoms with E-state index >= 15 is 0 Å². The Balaban J connectivity index is 1.66. The summed E-state index contributed by atoms with van der Waals surface area (Å²) in [4.78, 5) is 27.5. The third-order valence-corrected chi connectivity index (χ3v) is 5.14. The number of nitrogens with one attached hydrogen (secondary N) is 2. The van der Waals surface area contributed by atoms with Crippen LogP contribution in [0.1, 0.15) is 31.9 Å². The van der Waals surface area contributed by atoms with E-state index in [0.717, 1.165) is 18.8 Å². The smallest absolute Gasteiger partial charge is 0.324 e. The summed E-state index contributed by atoms with van der Waals surface area (Å²) in [7, 11) is 0. The summed E-state index contributed by atoms with van der Waals surface area (Å²) in [6.07, 6.45) is 0. The monoisotopic (exact) mass is 330 g/mol. The third kappa shape index (κ3) is 3.24. The maximum absolute atomic E-state index is 12.2. The number of amides is 3. The molecule has 24 heavy (non-hydrogen) atoms. The Morgan fingerprint density at radius 2 is 2.08 bits per heavy atom. The second-order valence-corrected chi connectivity index (χ2v) is 6.96. The summed E-state index contributed by atoms with van der Waals surface area (Å²) in [5.41, 5.74) is 3.58. The number of imide groups is 1. The second-order valence-electron chi connectivity index (χ2n) is 6.96. The van der Waals surface area contributed by atoms with Gasteiger partial charge in [0.1, 0.15) is 0 Å². The van der Waals surface area contributed by atoms with E-state index in [4.69, 9.17) is 0 Å². The van der Waals surface area contributed by atoms with Gasteiger partial charge < -0.3 is 10.6 Å². The zero-order chi connectivity index (χ0) is 17.3. The van der Waals surface area contributed by atoms with Crippen molar-refractivity contribution in [2.75, 3.05) is 25.0 Å². The van der Waals surface area contributed by atoms with E-state index in [-0.39, 0.29) is 18.5 Å². The van der Waals surface area contributed by atoms with Gasteiger partial charge in [-0.2, -0.15) is 0 Å². The molecule has 0 aliphatic carbocycles. The molecule has 1 saturated heterocycles. The maximum Gasteiger partial charge on any atom is 0.324 e. The van der Waals surface area contributed by atoms with Gasteiger partial charge in [-0.25, -0.2) is 4.79 Å². The first-order valence-corrected chi connectivity index (χ1v) is 8.64. The number of anilines is 1. The van der Waals surface area contributed by atoms with Crippen molar-refractivity contribution >= 4 is 17.6 Å². The quantitative estimate of drug-likeness (QED) is 0.867. The largest absolute Gasteiger partial charge is 0.376 e. The van der Waals surface area contributed by atoms with Crippen LogP contribution in [0.2, 0.25) is 0 Å². The van der Waals surface area contributed by atoms with Crippen molar-refractivity contribution in [2.45, 2.75) is 39.9 Å². The zero-order valence-electron chi connectivity index (χ0n) is 14.6. The highest BCUT2D eigenvalue weighted by atomic mass is 16.2. The van der Waals surface area contributed by atoms with Crippen molar-refractivity contribution in [3.63, 3.8) is 0 Å². The van der Waals surface area contributed by atoms with Crippen molar-refractivity contribution in [3.05, 3.63) is 29.3 Å². The molecule has 1 aromatic carbocycles. The van der Waals surface area contributed by atoms with E-state index in [1.807, 2.05) is 12.1 Å². The van der Waals surface area contributed by atoms with Crippen LogP contribution in [0.25, 0.3) is 0 Å². The molecule has 0 radical (unpaired) electrons. The normalized spacial score (nSPS) is 18.7. The molecular weight excluding hydrogens is 304 g/mol. The molecule has 2 aliphatic rings. The van der Waals surface area contributed by atoms with Gasteiger partial charge in [0.15, 0.2) is 0 Å². The van der Waals surface area contributed by atoms with Crippen molar-refractivity contribution < 1.29 is 9.59 Å². The van der Waals surface area contributed by atoms with Gasteiger partial charge >= 0.3 is 6.03 Å². The molecular formula is C18H26N4O2. The first kappa shape index (κ1) is 16.8. The van der Waals surface area contributed by atoms with Crippen LogP contribution in [0.4, 0.5) is 10.5 Å². The van der Waals surface area contributed by atoms with Crippen molar-refractivity contribution in [3.8, 4) is 0 Å². The molecule has 2 aliphatic heterocycles. The Morgan fingerprint density at radius 1 is 1.29 bits per heavy atom. The van der Waals surface area contributed by atoms with Crippen molar-refractivity contribution in [2.24, 2.45) is 5.92 Å². The molecule has 3 amide bonds. The highest BCUT2D eigenvalue weighted by Gasteiger charge is 2.28. The van der Waals surface area contributed by atoms with Gasteiger partial charge in [0.25, 0.3) is 0 Å². The number of hydrogen-bond acceptors (Lipinski definition) is 4. The Bertz CT molecular complexity index is 644. The molecule has 1 fully saturated rings. The van der Waals surface area contributed by atoms with Crippen LogP contribution >= 0.6 is 0 Å². The highest BCUT2D eigenvalue weighted by molar-refractivity contribution is 5.97. The number of carbonyl (C=O) groups is 2. The summed E-state index contributed by atoms with van der Waals surface area (Å²) in [5, 5.41) is 5.88. The number of nitrogens with zero attached hydrogens (tertiary/aromatic N) is 2. The molecule has 1 unspecified atom stereocenters. The molecule has 2 N–H and O–H groups in total. The Morgan fingerprint density at radius 3 is 2.75 bits per heavy atom. The first-order valence-electron chi connectivity index (χ1n) is 8.64. The van der Waals surface area contributed by atoms with E-state index in [1.54, 1.807) is 0 Å². The zero-order valence-corrected chi connectivity index (χ0v) is 14.6. The number of rotatable bonds is 5. The molecule has 1 aromatic rings. The van der Waals surface area contributed by atoms with Crippen LogP contribution < -0.4 is 10.6 Å². The fraction of sp³-hybridized carbons (Fsp3) is 0.556. The number of carbonyl (C=O) groups excluding carboxylic acids is 2. The molecule has 6 heteroatoms. The predicted octanol–water partition coefficient (Wildman–Crippen LogP) is 2.01. The number of benzene rings is 1. The standard InChI is InChI=1S/C18H26N4O2/c1-12(2)13(3)21-10-14-5-4-6-16(15(14)11-21)20-9-17(23)22-8-7-19-18(22)24/h4-6,12-13,20H,7-11H2,1-3H3,(H,19,24). The molecule has 0 spiro atoms. The molecule has 0 bridgehead atoms. The average molecular weight is 330 g/mol. The summed E-state index contributed by atoms with van der Waals surface area (Å²) in [5.74, 6) is 0.416. The predicted molar refractivity (Wildman–Crippen MR) is 93.6 cm³/mol. The lowest BCUT2D eigenvalue weighted by molar-refractivity contribution is -0.125. The molecule has 3 rings (SSSR count). The van der Waals surface area contributed by atoms with Gasteiger partial charge in [-0.05, 0) is 30.0 Å². The minimum Gasteiger partial charge on any atom is -0.376 e. The van der Waals surface area contributed by atoms with Crippen LogP contribution in [0.5, 0.6) is 0 Å². The molecule has 1 atom stereocenters. The van der Waals surface area contributed by atoms with Gasteiger partial charge in [0.05, 0.1) is 6.54 Å². The number of hydrogen-bond donors (Lipinski definition) is 2. The fourth-order valence-electron chi connectivity index (χ4n) is 3.30. The number of fused-ring (bicyclic) bond motifs is 1. The topological polar surface area (TPSA) is 64.7 Å². The summed E-state index contributed by atoms with van der Waals surface area (Å²) >= 11 is 0. The Hall–Kier alpha value is -2.08. The van der Waals surface area contributed by atoms with Crippen molar-refractivity contribution in [1.82, 2.24) is 15.1 Å². The number of urea groups is 1. The molecule has 130 valence electrons. The van der Waals surface area contributed by atoms with Crippen LogP contribution in [0.3, 0.4) is 0 Å². The molecule has 6 nitrogen and oxygen atoms in total. The maximum atomic E-state index is 12.2. The van der Waals surface area contributed by atoms with Crippen LogP contribution in [0, 0.1) is 5.92 Å². The molecule has 2 heterocycles. The van der Waals surface area contributed by atoms with E-state index in [9.17, 15) is 9.59 Å². The minimum absolute atomic E-state index is 0.142. The SMILES string of the molecule is CC(C)C(C)N1Cc2cccc(NCC(=O)N3CCNC3=O)c2C1. The van der Waals surface area contributed by atoms with E-state index in [2.05, 4.69) is 42.4 Å². The summed E-state index contributed by atoms with van der Waals surface area (Å²) in [6.45, 7) is 9.73. The van der Waals surface area contributed by atoms with Gasteiger partial charge in [-0.3, -0.25) is 14.6 Å². The second kappa shape index (κ2) is 6.81. The van der Waals surface area contributed by atoms with E-state index in [0.29, 0.717) is 25.0 Å². The molecule has 0 aromatic heterocycles. The lowest BCUT2D eigenvalue weighted by atomic mass is 10.1. The van der Waals surface area contributed by atoms with Crippen LogP contribution in [0.15, 0.2) is 18.2 Å². The Kier molecular flexibility index (Phi) is 4.76. The fourth-order valence-corrected chi connectivity index (χ4v) is 3.30.